The Morgan fingerprint density at radius 2 is 1.88 bits per heavy atom. The monoisotopic (exact) mass is 346 g/mol. The first-order valence-corrected chi connectivity index (χ1v) is 8.24. The van der Waals surface area contributed by atoms with Crippen LogP contribution >= 0.6 is 0 Å². The fraction of sp³-hybridized carbons (Fsp3) is 0. The van der Waals surface area contributed by atoms with Gasteiger partial charge in [-0.2, -0.15) is 0 Å². The molecule has 8 heteroatoms. The van der Waals surface area contributed by atoms with Crippen LogP contribution in [0.4, 0.5) is 4.53 Å². The van der Waals surface area contributed by atoms with Gasteiger partial charge >= 0.3 is 5.97 Å². The van der Waals surface area contributed by atoms with Crippen molar-refractivity contribution in [1.29, 1.82) is 0 Å². The van der Waals surface area contributed by atoms with E-state index in [4.69, 9.17) is 0 Å². The van der Waals surface area contributed by atoms with Crippen molar-refractivity contribution < 1.29 is 22.7 Å². The number of carbonyl (C=O) groups is 1. The summed E-state index contributed by atoms with van der Waals surface area (Å²) in [7, 11) is -4.01. The van der Waals surface area contributed by atoms with Crippen molar-refractivity contribution in [1.82, 2.24) is 8.96 Å². The number of pyridine rings is 1. The minimum absolute atomic E-state index is 0.0575. The van der Waals surface area contributed by atoms with Crippen LogP contribution in [0.2, 0.25) is 0 Å². The fourth-order valence-corrected chi connectivity index (χ4v) is 3.57. The first kappa shape index (κ1) is 15.9. The summed E-state index contributed by atoms with van der Waals surface area (Å²) in [6, 6.07) is 12.7. The number of carbonyl (C=O) groups excluding carboxylic acids is 1. The van der Waals surface area contributed by atoms with Crippen LogP contribution in [-0.4, -0.2) is 23.3 Å². The largest absolute Gasteiger partial charge is 0.381 e. The fourth-order valence-electron chi connectivity index (χ4n) is 2.23. The minimum Gasteiger partial charge on any atom is -0.263 e. The Kier molecular flexibility index (Phi) is 4.13. The molecule has 0 unspecified atom stereocenters. The summed E-state index contributed by atoms with van der Waals surface area (Å²) in [5, 5.41) is 0. The van der Waals surface area contributed by atoms with Gasteiger partial charge in [-0.1, -0.05) is 30.3 Å². The molecule has 2 heterocycles. The van der Waals surface area contributed by atoms with E-state index in [0.29, 0.717) is 5.56 Å². The Morgan fingerprint density at radius 3 is 2.50 bits per heavy atom. The number of hydrogen-bond donors (Lipinski definition) is 0. The van der Waals surface area contributed by atoms with Gasteiger partial charge in [-0.3, -0.25) is 4.98 Å². The van der Waals surface area contributed by atoms with Gasteiger partial charge in [0.05, 0.1) is 11.3 Å². The molecule has 0 amide bonds. The van der Waals surface area contributed by atoms with Crippen LogP contribution in [0.5, 0.6) is 0 Å². The van der Waals surface area contributed by atoms with Crippen molar-refractivity contribution >= 4 is 16.0 Å². The number of halogens is 1. The molecule has 0 atom stereocenters. The van der Waals surface area contributed by atoms with Crippen LogP contribution in [0.25, 0.3) is 11.3 Å². The molecule has 3 rings (SSSR count). The minimum atomic E-state index is -4.01. The van der Waals surface area contributed by atoms with E-state index in [1.54, 1.807) is 30.3 Å². The number of hydrogen-bond acceptors (Lipinski definition) is 5. The molecule has 3 aromatic rings. The highest BCUT2D eigenvalue weighted by Crippen LogP contribution is 2.27. The molecule has 24 heavy (non-hydrogen) atoms. The van der Waals surface area contributed by atoms with Crippen molar-refractivity contribution in [3.8, 4) is 11.3 Å². The SMILES string of the molecule is O=C(OF)c1cc(-c2ccccc2)n(S(=O)(=O)c2cccnc2)c1. The van der Waals surface area contributed by atoms with E-state index in [1.165, 1.54) is 30.6 Å². The molecule has 1 aromatic carbocycles. The quantitative estimate of drug-likeness (QED) is 0.726. The van der Waals surface area contributed by atoms with Crippen LogP contribution in [-0.2, 0) is 15.0 Å². The summed E-state index contributed by atoms with van der Waals surface area (Å²) in [5.41, 5.74) is 0.534. The molecule has 0 bridgehead atoms. The Labute approximate surface area is 137 Å². The van der Waals surface area contributed by atoms with E-state index in [-0.39, 0.29) is 16.2 Å². The number of benzene rings is 1. The standard InChI is InChI=1S/C16H11FN2O4S/c17-23-16(20)13-9-15(12-5-2-1-3-6-12)19(11-13)24(21,22)14-7-4-8-18-10-14/h1-11H. The topological polar surface area (TPSA) is 78.3 Å². The molecule has 0 N–H and O–H groups in total. The molecule has 0 aliphatic carbocycles. The molecule has 122 valence electrons. The lowest BCUT2D eigenvalue weighted by Crippen LogP contribution is -2.13. The summed E-state index contributed by atoms with van der Waals surface area (Å²) in [6.07, 6.45) is 3.66. The third-order valence-electron chi connectivity index (χ3n) is 3.35. The number of rotatable bonds is 4. The van der Waals surface area contributed by atoms with Crippen LogP contribution in [0, 0.1) is 0 Å². The predicted octanol–water partition coefficient (Wildman–Crippen LogP) is 2.83. The van der Waals surface area contributed by atoms with Crippen molar-refractivity contribution in [3.05, 3.63) is 72.7 Å². The Balaban J connectivity index is 2.23. The van der Waals surface area contributed by atoms with Crippen molar-refractivity contribution in [3.63, 3.8) is 0 Å². The molecule has 6 nitrogen and oxygen atoms in total. The lowest BCUT2D eigenvalue weighted by molar-refractivity contribution is -0.0787. The van der Waals surface area contributed by atoms with Gasteiger partial charge in [0, 0.05) is 23.1 Å². The smallest absolute Gasteiger partial charge is 0.263 e. The molecule has 0 saturated carbocycles. The second-order valence-electron chi connectivity index (χ2n) is 4.83. The molecule has 2 aromatic heterocycles. The van der Waals surface area contributed by atoms with Crippen LogP contribution in [0.15, 0.2) is 72.0 Å². The van der Waals surface area contributed by atoms with Gasteiger partial charge in [0.2, 0.25) is 0 Å². The maximum Gasteiger partial charge on any atom is 0.381 e. The van der Waals surface area contributed by atoms with Crippen molar-refractivity contribution in [2.45, 2.75) is 4.90 Å². The van der Waals surface area contributed by atoms with E-state index in [9.17, 15) is 17.7 Å². The Bertz CT molecular complexity index is 970. The van der Waals surface area contributed by atoms with E-state index >= 15 is 0 Å². The second kappa shape index (κ2) is 6.25. The number of nitrogens with zero attached hydrogens (tertiary/aromatic N) is 2. The second-order valence-corrected chi connectivity index (χ2v) is 6.65. The zero-order valence-corrected chi connectivity index (χ0v) is 13.0. The molecular weight excluding hydrogens is 335 g/mol. The van der Waals surface area contributed by atoms with Crippen LogP contribution in [0.1, 0.15) is 10.4 Å². The third kappa shape index (κ3) is 2.79. The number of aromatic nitrogens is 2. The Hall–Kier alpha value is -3.00. The molecule has 0 spiro atoms. The molecule has 0 radical (unpaired) electrons. The van der Waals surface area contributed by atoms with E-state index in [2.05, 4.69) is 9.93 Å². The van der Waals surface area contributed by atoms with Crippen molar-refractivity contribution in [2.75, 3.05) is 0 Å². The van der Waals surface area contributed by atoms with E-state index in [1.807, 2.05) is 0 Å². The van der Waals surface area contributed by atoms with E-state index in [0.717, 1.165) is 10.2 Å². The zero-order chi connectivity index (χ0) is 17.2. The summed E-state index contributed by atoms with van der Waals surface area (Å²) >= 11 is 0. The molecule has 0 aliphatic rings. The molecule has 0 aliphatic heterocycles. The molecule has 0 fully saturated rings. The summed E-state index contributed by atoms with van der Waals surface area (Å²) in [4.78, 5) is 18.4. The van der Waals surface area contributed by atoms with Gasteiger partial charge in [0.15, 0.2) is 0 Å². The summed E-state index contributed by atoms with van der Waals surface area (Å²) in [5.74, 6) is -1.27. The normalized spacial score (nSPS) is 11.2. The lowest BCUT2D eigenvalue weighted by Gasteiger charge is -2.10. The first-order valence-electron chi connectivity index (χ1n) is 6.80. The predicted molar refractivity (Wildman–Crippen MR) is 83.2 cm³/mol. The maximum atomic E-state index is 12.8. The lowest BCUT2D eigenvalue weighted by atomic mass is 10.1. The van der Waals surface area contributed by atoms with Gasteiger partial charge in [0.25, 0.3) is 10.0 Å². The zero-order valence-electron chi connectivity index (χ0n) is 12.2. The van der Waals surface area contributed by atoms with Crippen molar-refractivity contribution in [2.24, 2.45) is 0 Å². The van der Waals surface area contributed by atoms with Crippen LogP contribution < -0.4 is 0 Å². The third-order valence-corrected chi connectivity index (χ3v) is 5.01. The highest BCUT2D eigenvalue weighted by molar-refractivity contribution is 7.90. The van der Waals surface area contributed by atoms with Gasteiger partial charge in [-0.05, 0) is 23.8 Å². The molecule has 0 saturated heterocycles. The Morgan fingerprint density at radius 1 is 1.12 bits per heavy atom. The van der Waals surface area contributed by atoms with Gasteiger partial charge in [-0.25, -0.2) is 22.1 Å². The highest BCUT2D eigenvalue weighted by atomic mass is 32.2. The average Bonchev–Trinajstić information content (AvgIpc) is 3.09. The highest BCUT2D eigenvalue weighted by Gasteiger charge is 2.24. The summed E-state index contributed by atoms with van der Waals surface area (Å²) < 4.78 is 38.8. The van der Waals surface area contributed by atoms with Gasteiger partial charge in [-0.15, -0.1) is 0 Å². The molecular formula is C16H11FN2O4S. The average molecular weight is 346 g/mol. The van der Waals surface area contributed by atoms with Gasteiger partial charge in [0.1, 0.15) is 4.90 Å². The van der Waals surface area contributed by atoms with Crippen LogP contribution in [0.3, 0.4) is 0 Å². The first-order chi connectivity index (χ1) is 11.5. The van der Waals surface area contributed by atoms with E-state index < -0.39 is 16.0 Å². The van der Waals surface area contributed by atoms with Gasteiger partial charge < -0.3 is 0 Å². The maximum absolute atomic E-state index is 12.8. The summed E-state index contributed by atoms with van der Waals surface area (Å²) in [6.45, 7) is 0.